The van der Waals surface area contributed by atoms with Crippen molar-refractivity contribution in [1.29, 1.82) is 0 Å². The number of fused-ring (bicyclic) bond motifs is 1. The number of aromatic nitrogens is 4. The Morgan fingerprint density at radius 2 is 1.92 bits per heavy atom. The number of tetrazole rings is 1. The molecule has 3 heterocycles. The molecule has 3 atom stereocenters. The second kappa shape index (κ2) is 13.4. The maximum atomic E-state index is 12.8. The van der Waals surface area contributed by atoms with Gasteiger partial charge in [0, 0.05) is 11.5 Å². The Hall–Kier alpha value is -0.990. The van der Waals surface area contributed by atoms with Crippen molar-refractivity contribution in [2.24, 2.45) is 0 Å². The molecule has 0 unspecified atom stereocenters. The van der Waals surface area contributed by atoms with Crippen LogP contribution < -0.4 is 5.32 Å². The zero-order valence-corrected chi connectivity index (χ0v) is 20.0. The number of carbonyl (C=O) groups excluding carboxylic acids is 2. The number of amides is 2. The van der Waals surface area contributed by atoms with Crippen LogP contribution in [-0.4, -0.2) is 148 Å². The van der Waals surface area contributed by atoms with Gasteiger partial charge in [0.1, 0.15) is 17.1 Å². The van der Waals surface area contributed by atoms with Gasteiger partial charge < -0.3 is 15.5 Å². The summed E-state index contributed by atoms with van der Waals surface area (Å²) in [7, 11) is -4.40. The van der Waals surface area contributed by atoms with Crippen molar-refractivity contribution in [3.8, 4) is 0 Å². The van der Waals surface area contributed by atoms with Crippen LogP contribution in [0.15, 0.2) is 46.8 Å². The number of nitrogens with zero attached hydrogens (tertiary/aromatic N) is 5. The van der Waals surface area contributed by atoms with Gasteiger partial charge in [-0.3, -0.25) is 19.0 Å². The number of aliphatic hydroxyl groups excluding tert-OH is 1. The van der Waals surface area contributed by atoms with Crippen LogP contribution in [0.25, 0.3) is 0 Å². The van der Waals surface area contributed by atoms with E-state index >= 15 is 0 Å². The number of benzene rings is 1. The van der Waals surface area contributed by atoms with E-state index in [-0.39, 0.29) is 81.5 Å². The van der Waals surface area contributed by atoms with Crippen LogP contribution in [0.1, 0.15) is 11.7 Å². The van der Waals surface area contributed by atoms with E-state index in [0.717, 1.165) is 21.3 Å². The van der Waals surface area contributed by atoms with Crippen LogP contribution in [0, 0.1) is 0 Å². The van der Waals surface area contributed by atoms with Crippen LogP contribution in [0.2, 0.25) is 0 Å². The molecule has 0 saturated carbocycles. The second-order valence-electron chi connectivity index (χ2n) is 7.43. The summed E-state index contributed by atoms with van der Waals surface area (Å²) in [6.07, 6.45) is -1.48. The van der Waals surface area contributed by atoms with Gasteiger partial charge in [0.2, 0.25) is 5.16 Å². The summed E-state index contributed by atoms with van der Waals surface area (Å²) < 4.78 is 32.0. The summed E-state index contributed by atoms with van der Waals surface area (Å²) >= 11 is 2.17. The van der Waals surface area contributed by atoms with Gasteiger partial charge in [-0.25, -0.2) is 9.48 Å². The zero-order valence-electron chi connectivity index (χ0n) is 17.6. The number of carboxylic acids is 1. The third-order valence-corrected chi connectivity index (χ3v) is 8.03. The quantitative estimate of drug-likeness (QED) is 0.106. The van der Waals surface area contributed by atoms with Crippen molar-refractivity contribution < 1.29 is 37.6 Å². The molecule has 19 heteroatoms. The SMILES string of the molecule is O=C(O)C1=C(CSc2nnnn2CS(=O)(=O)O)CS[C@@H]2[C@H](NC(=O)[C@H](O)c3ccccc3)C(=O)N12.[NaH].[NaH]. The van der Waals surface area contributed by atoms with Crippen LogP contribution in [-0.2, 0) is 30.4 Å². The van der Waals surface area contributed by atoms with Crippen LogP contribution in [0.5, 0.6) is 0 Å². The van der Waals surface area contributed by atoms with Crippen molar-refractivity contribution in [3.05, 3.63) is 47.2 Å². The van der Waals surface area contributed by atoms with E-state index in [4.69, 9.17) is 4.55 Å². The van der Waals surface area contributed by atoms with Crippen LogP contribution in [0.3, 0.4) is 0 Å². The van der Waals surface area contributed by atoms with E-state index in [1.807, 2.05) is 0 Å². The summed E-state index contributed by atoms with van der Waals surface area (Å²) in [6, 6.07) is 7.17. The molecule has 2 aromatic rings. The molecule has 1 saturated heterocycles. The molecule has 0 radical (unpaired) electrons. The summed E-state index contributed by atoms with van der Waals surface area (Å²) in [6.45, 7) is 0. The number of carboxylic acid groups (broad SMARTS) is 1. The third kappa shape index (κ3) is 7.36. The second-order valence-corrected chi connectivity index (χ2v) is 10.9. The van der Waals surface area contributed by atoms with Crippen molar-refractivity contribution >= 4 is 111 Å². The number of hydrogen-bond donors (Lipinski definition) is 4. The number of aliphatic carboxylic acids is 1. The molecule has 1 aromatic heterocycles. The zero-order chi connectivity index (χ0) is 25.3. The fourth-order valence-electron chi connectivity index (χ4n) is 3.50. The van der Waals surface area contributed by atoms with Gasteiger partial charge in [-0.2, -0.15) is 8.42 Å². The monoisotopic (exact) mass is 590 g/mol. The predicted molar refractivity (Wildman–Crippen MR) is 135 cm³/mol. The van der Waals surface area contributed by atoms with E-state index < -0.39 is 51.3 Å². The average Bonchev–Trinajstić information content (AvgIpc) is 3.25. The average molecular weight is 591 g/mol. The van der Waals surface area contributed by atoms with Gasteiger partial charge in [-0.1, -0.05) is 42.1 Å². The molecule has 1 aromatic carbocycles. The molecule has 2 amide bonds. The Labute approximate surface area is 263 Å². The fraction of sp³-hybridized carbons (Fsp3) is 0.333. The fourth-order valence-corrected chi connectivity index (χ4v) is 6.43. The third-order valence-electron chi connectivity index (χ3n) is 5.07. The molecule has 1 fully saturated rings. The van der Waals surface area contributed by atoms with E-state index in [2.05, 4.69) is 20.8 Å². The Balaban J connectivity index is 0.00000241. The van der Waals surface area contributed by atoms with Crippen molar-refractivity contribution in [2.75, 3.05) is 11.5 Å². The molecule has 0 bridgehead atoms. The van der Waals surface area contributed by atoms with Gasteiger partial charge in [0.05, 0.1) is 0 Å². The first-order chi connectivity index (χ1) is 16.6. The summed E-state index contributed by atoms with van der Waals surface area (Å²) in [5.74, 6) is -3.39. The molecule has 2 aliphatic heterocycles. The molecule has 4 N–H and O–H groups in total. The summed E-state index contributed by atoms with van der Waals surface area (Å²) in [5.41, 5.74) is 0.480. The van der Waals surface area contributed by atoms with Crippen molar-refractivity contribution in [2.45, 2.75) is 28.6 Å². The predicted octanol–water partition coefficient (Wildman–Crippen LogP) is -2.21. The molecule has 0 spiro atoms. The Bertz CT molecular complexity index is 1310. The molecule has 37 heavy (non-hydrogen) atoms. The number of rotatable bonds is 9. The Morgan fingerprint density at radius 1 is 1.24 bits per heavy atom. The molecule has 0 aliphatic carbocycles. The van der Waals surface area contributed by atoms with E-state index in [1.54, 1.807) is 30.3 Å². The number of nitrogens with one attached hydrogen (secondary N) is 1. The van der Waals surface area contributed by atoms with Gasteiger partial charge in [0.25, 0.3) is 21.9 Å². The number of hydrogen-bond acceptors (Lipinski definition) is 11. The van der Waals surface area contributed by atoms with Crippen molar-refractivity contribution in [3.63, 3.8) is 0 Å². The molecular weight excluding hydrogens is 570 g/mol. The van der Waals surface area contributed by atoms with Crippen molar-refractivity contribution in [1.82, 2.24) is 30.4 Å². The molecule has 14 nitrogen and oxygen atoms in total. The molecule has 4 rings (SSSR count). The minimum absolute atomic E-state index is 0. The standard InChI is InChI=1S/C18H18N6O8S3.2Na.2H/c25-13(9-4-2-1-3-5-9)14(26)19-11-15(27)24-12(17(28)29)10(6-33-16(11)24)7-34-18-20-21-22-23(18)8-35(30,31)32;;;;/h1-5,11,13,16,25H,6-8H2,(H,19,26)(H,28,29)(H,30,31,32);;;;/t11-,13-,16-;;;;/m1..../s1. The first-order valence-electron chi connectivity index (χ1n) is 9.84. The summed E-state index contributed by atoms with van der Waals surface area (Å²) in [5, 5.41) is 32.4. The maximum absolute atomic E-state index is 12.8. The minimum atomic E-state index is -4.40. The first kappa shape index (κ1) is 32.2. The number of thioether (sulfide) groups is 2. The number of carbonyl (C=O) groups is 3. The van der Waals surface area contributed by atoms with E-state index in [9.17, 15) is 33.0 Å². The van der Waals surface area contributed by atoms with Crippen LogP contribution >= 0.6 is 23.5 Å². The van der Waals surface area contributed by atoms with Crippen LogP contribution in [0.4, 0.5) is 0 Å². The van der Waals surface area contributed by atoms with Gasteiger partial charge >= 0.3 is 65.1 Å². The van der Waals surface area contributed by atoms with Gasteiger partial charge in [0.15, 0.2) is 12.0 Å². The van der Waals surface area contributed by atoms with Gasteiger partial charge in [-0.05, 0) is 21.6 Å². The topological polar surface area (TPSA) is 205 Å². The Morgan fingerprint density at radius 3 is 2.54 bits per heavy atom. The van der Waals surface area contributed by atoms with E-state index in [0.29, 0.717) is 11.1 Å². The number of aliphatic hydroxyl groups is 1. The molecule has 190 valence electrons. The first-order valence-corrected chi connectivity index (χ1v) is 13.5. The Kier molecular flexibility index (Phi) is 11.7. The number of β-lactam (4-membered cyclic amide) rings is 1. The van der Waals surface area contributed by atoms with Gasteiger partial charge in [-0.15, -0.1) is 16.9 Å². The normalized spacial score (nSPS) is 19.6. The molecular formula is C18H20N6Na2O8S3. The summed E-state index contributed by atoms with van der Waals surface area (Å²) in [4.78, 5) is 38.3. The van der Waals surface area contributed by atoms with E-state index in [1.165, 1.54) is 11.8 Å². The molecule has 2 aliphatic rings.